The van der Waals surface area contributed by atoms with Crippen molar-refractivity contribution in [2.75, 3.05) is 6.61 Å². The fraction of sp³-hybridized carbons (Fsp3) is 1.00. The third-order valence-corrected chi connectivity index (χ3v) is 14.0. The summed E-state index contributed by atoms with van der Waals surface area (Å²) in [5.74, 6) is 0. The van der Waals surface area contributed by atoms with Crippen LogP contribution in [0.5, 0.6) is 0 Å². The van der Waals surface area contributed by atoms with Crippen molar-refractivity contribution in [3.8, 4) is 0 Å². The van der Waals surface area contributed by atoms with Crippen LogP contribution in [0.3, 0.4) is 0 Å². The number of rotatable bonds is 18. The standard InChI is InChI=1S/C11H24O.3C4H9.Sn/c1-2-3-4-5-6-7-8-9-10-11-12;3*1-3-4-2;/h12H,2-11H2,1H3;3*1,3-4H2,2H3;. The van der Waals surface area contributed by atoms with Gasteiger partial charge < -0.3 is 5.11 Å². The van der Waals surface area contributed by atoms with E-state index in [0.29, 0.717) is 6.61 Å². The first-order valence-corrected chi connectivity index (χ1v) is 17.8. The van der Waals surface area contributed by atoms with Crippen molar-refractivity contribution in [1.29, 1.82) is 0 Å². The van der Waals surface area contributed by atoms with Gasteiger partial charge in [0.1, 0.15) is 0 Å². The summed E-state index contributed by atoms with van der Waals surface area (Å²) in [4.78, 5) is 0. The van der Waals surface area contributed by atoms with Gasteiger partial charge in [0.25, 0.3) is 0 Å². The molecular formula is C23H51OSn. The molecule has 0 heterocycles. The van der Waals surface area contributed by atoms with Crippen molar-refractivity contribution in [1.82, 2.24) is 0 Å². The molecule has 1 N–H and O–H groups in total. The Bertz CT molecular complexity index is 179. The second kappa shape index (κ2) is 27.0. The summed E-state index contributed by atoms with van der Waals surface area (Å²) in [6.07, 6.45) is 20.7. The van der Waals surface area contributed by atoms with Gasteiger partial charge >= 0.3 is 92.4 Å². The molecule has 25 heavy (non-hydrogen) atoms. The molecule has 1 radical (unpaired) electrons. The molecule has 1 nitrogen and oxygen atoms in total. The van der Waals surface area contributed by atoms with Gasteiger partial charge in [-0.15, -0.1) is 0 Å². The second-order valence-electron chi connectivity index (χ2n) is 7.61. The van der Waals surface area contributed by atoms with Gasteiger partial charge in [0, 0.05) is 6.61 Å². The van der Waals surface area contributed by atoms with E-state index in [-0.39, 0.29) is 0 Å². The zero-order chi connectivity index (χ0) is 19.0. The number of aliphatic hydroxyl groups is 1. The first-order chi connectivity index (χ1) is 12.3. The van der Waals surface area contributed by atoms with Crippen molar-refractivity contribution >= 4 is 19.8 Å². The van der Waals surface area contributed by atoms with Gasteiger partial charge in [-0.1, -0.05) is 58.3 Å². The summed E-state index contributed by atoms with van der Waals surface area (Å²) < 4.78 is 5.04. The van der Waals surface area contributed by atoms with E-state index in [1.165, 1.54) is 89.9 Å². The van der Waals surface area contributed by atoms with Crippen molar-refractivity contribution < 1.29 is 5.11 Å². The monoisotopic (exact) mass is 463 g/mol. The molecule has 0 aliphatic rings. The Morgan fingerprint density at radius 2 is 0.760 bits per heavy atom. The second-order valence-corrected chi connectivity index (χ2v) is 16.2. The summed E-state index contributed by atoms with van der Waals surface area (Å²) in [5, 5.41) is 8.54. The molecule has 0 aliphatic carbocycles. The molecule has 0 saturated heterocycles. The van der Waals surface area contributed by atoms with Gasteiger partial charge in [0.2, 0.25) is 0 Å². The van der Waals surface area contributed by atoms with Gasteiger partial charge in [-0.25, -0.2) is 0 Å². The quantitative estimate of drug-likeness (QED) is 0.160. The fourth-order valence-corrected chi connectivity index (χ4v) is 12.5. The maximum atomic E-state index is 8.54. The van der Waals surface area contributed by atoms with Gasteiger partial charge in [-0.2, -0.15) is 0 Å². The van der Waals surface area contributed by atoms with Crippen LogP contribution in [0, 0.1) is 0 Å². The van der Waals surface area contributed by atoms with E-state index in [1.807, 2.05) is 0 Å². The summed E-state index contributed by atoms with van der Waals surface area (Å²) in [7, 11) is 0. The Kier molecular flexibility index (Phi) is 30.2. The molecular weight excluding hydrogens is 411 g/mol. The van der Waals surface area contributed by atoms with Crippen LogP contribution in [0.1, 0.15) is 124 Å². The molecule has 0 atom stereocenters. The van der Waals surface area contributed by atoms with E-state index >= 15 is 0 Å². The van der Waals surface area contributed by atoms with Crippen molar-refractivity contribution in [3.05, 3.63) is 0 Å². The van der Waals surface area contributed by atoms with Crippen LogP contribution in [0.25, 0.3) is 0 Å². The van der Waals surface area contributed by atoms with Crippen molar-refractivity contribution in [2.45, 2.75) is 137 Å². The van der Waals surface area contributed by atoms with Crippen molar-refractivity contribution in [2.24, 2.45) is 0 Å². The molecule has 0 unspecified atom stereocenters. The Balaban J connectivity index is 0. The molecule has 0 amide bonds. The van der Waals surface area contributed by atoms with Crippen LogP contribution in [0.2, 0.25) is 13.3 Å². The third kappa shape index (κ3) is 27.1. The number of hydrogen-bond donors (Lipinski definition) is 1. The Hall–Kier alpha value is 0.759. The van der Waals surface area contributed by atoms with Crippen LogP contribution < -0.4 is 0 Å². The van der Waals surface area contributed by atoms with E-state index < -0.39 is 19.8 Å². The minimum atomic E-state index is -0.839. The maximum absolute atomic E-state index is 8.54. The topological polar surface area (TPSA) is 20.2 Å². The predicted molar refractivity (Wildman–Crippen MR) is 119 cm³/mol. The van der Waals surface area contributed by atoms with Crippen LogP contribution in [-0.2, 0) is 0 Å². The minimum absolute atomic E-state index is 0.371. The zero-order valence-electron chi connectivity index (χ0n) is 18.4. The number of hydrogen-bond acceptors (Lipinski definition) is 1. The van der Waals surface area contributed by atoms with E-state index in [4.69, 9.17) is 5.11 Å². The number of unbranched alkanes of at least 4 members (excludes halogenated alkanes) is 11. The normalized spacial score (nSPS) is 10.8. The van der Waals surface area contributed by atoms with Gasteiger partial charge in [0.15, 0.2) is 0 Å². The van der Waals surface area contributed by atoms with Crippen LogP contribution in [0.15, 0.2) is 0 Å². The molecule has 0 fully saturated rings. The molecule has 0 bridgehead atoms. The molecule has 0 aliphatic heterocycles. The van der Waals surface area contributed by atoms with Crippen LogP contribution in [0.4, 0.5) is 0 Å². The predicted octanol–water partition coefficient (Wildman–Crippen LogP) is 8.39. The van der Waals surface area contributed by atoms with Gasteiger partial charge in [-0.05, 0) is 6.42 Å². The average molecular weight is 462 g/mol. The van der Waals surface area contributed by atoms with E-state index in [2.05, 4.69) is 27.7 Å². The molecule has 0 saturated carbocycles. The number of aliphatic hydroxyl groups excluding tert-OH is 1. The Morgan fingerprint density at radius 3 is 1.08 bits per heavy atom. The van der Waals surface area contributed by atoms with Gasteiger partial charge in [0.05, 0.1) is 0 Å². The van der Waals surface area contributed by atoms with E-state index in [1.54, 1.807) is 13.3 Å². The van der Waals surface area contributed by atoms with Gasteiger partial charge in [-0.3, -0.25) is 0 Å². The summed E-state index contributed by atoms with van der Waals surface area (Å²) in [6.45, 7) is 9.62. The molecule has 0 spiro atoms. The first kappa shape index (κ1) is 28.0. The average Bonchev–Trinajstić information content (AvgIpc) is 2.64. The van der Waals surface area contributed by atoms with Crippen molar-refractivity contribution in [3.63, 3.8) is 0 Å². The van der Waals surface area contributed by atoms with E-state index in [9.17, 15) is 0 Å². The molecule has 153 valence electrons. The molecule has 0 aromatic carbocycles. The Morgan fingerprint density at radius 1 is 0.440 bits per heavy atom. The first-order valence-electron chi connectivity index (χ1n) is 11.7. The third-order valence-electron chi connectivity index (χ3n) is 4.91. The Labute approximate surface area is 168 Å². The zero-order valence-corrected chi connectivity index (χ0v) is 21.2. The molecule has 0 rings (SSSR count). The van der Waals surface area contributed by atoms with Crippen LogP contribution in [-0.4, -0.2) is 31.5 Å². The summed E-state index contributed by atoms with van der Waals surface area (Å²) >= 11 is -0.839. The molecule has 0 aromatic rings. The SMILES string of the molecule is CCCCCCCCCCCO.CCC[CH2][Sn]([CH2]CCC)[CH2]CCC. The summed E-state index contributed by atoms with van der Waals surface area (Å²) in [6, 6.07) is 0. The summed E-state index contributed by atoms with van der Waals surface area (Å²) in [5.41, 5.74) is 0. The van der Waals surface area contributed by atoms with E-state index in [0.717, 1.165) is 6.42 Å². The van der Waals surface area contributed by atoms with Crippen LogP contribution >= 0.6 is 0 Å². The fourth-order valence-electron chi connectivity index (χ4n) is 3.08. The molecule has 2 heteroatoms. The molecule has 0 aromatic heterocycles.